The SMILES string of the molecule is O=C(CCc1ccco1)N1CCCC(CNS(=O)(=O)Cc2ccccc2)C1. The molecule has 1 N–H and O–H groups in total. The molecule has 27 heavy (non-hydrogen) atoms. The summed E-state index contributed by atoms with van der Waals surface area (Å²) in [6.07, 6.45) is 4.45. The smallest absolute Gasteiger partial charge is 0.223 e. The number of benzene rings is 1. The van der Waals surface area contributed by atoms with E-state index in [1.54, 1.807) is 18.4 Å². The summed E-state index contributed by atoms with van der Waals surface area (Å²) in [5.74, 6) is 1.04. The van der Waals surface area contributed by atoms with Gasteiger partial charge in [0.2, 0.25) is 15.9 Å². The fourth-order valence-electron chi connectivity index (χ4n) is 3.39. The quantitative estimate of drug-likeness (QED) is 0.751. The summed E-state index contributed by atoms with van der Waals surface area (Å²) in [7, 11) is -3.38. The first-order valence-electron chi connectivity index (χ1n) is 9.33. The summed E-state index contributed by atoms with van der Waals surface area (Å²) in [4.78, 5) is 14.3. The van der Waals surface area contributed by atoms with E-state index in [1.807, 2.05) is 35.2 Å². The summed E-state index contributed by atoms with van der Waals surface area (Å²) in [5, 5.41) is 0. The van der Waals surface area contributed by atoms with E-state index < -0.39 is 10.0 Å². The molecular formula is C20H26N2O4S. The van der Waals surface area contributed by atoms with Crippen LogP contribution in [0.2, 0.25) is 0 Å². The van der Waals surface area contributed by atoms with Gasteiger partial charge in [-0.15, -0.1) is 0 Å². The van der Waals surface area contributed by atoms with Crippen molar-refractivity contribution < 1.29 is 17.6 Å². The molecule has 6 nitrogen and oxygen atoms in total. The van der Waals surface area contributed by atoms with Crippen LogP contribution in [0.5, 0.6) is 0 Å². The van der Waals surface area contributed by atoms with Crippen molar-refractivity contribution in [2.75, 3.05) is 19.6 Å². The Morgan fingerprint density at radius 1 is 1.19 bits per heavy atom. The average Bonchev–Trinajstić information content (AvgIpc) is 3.19. The van der Waals surface area contributed by atoms with Crippen molar-refractivity contribution in [2.24, 2.45) is 5.92 Å². The highest BCUT2D eigenvalue weighted by Gasteiger charge is 2.25. The topological polar surface area (TPSA) is 79.6 Å². The minimum absolute atomic E-state index is 0.0215. The predicted molar refractivity (Wildman–Crippen MR) is 103 cm³/mol. The third kappa shape index (κ3) is 6.22. The van der Waals surface area contributed by atoms with Crippen LogP contribution in [0.25, 0.3) is 0 Å². The lowest BCUT2D eigenvalue weighted by Crippen LogP contribution is -2.43. The number of amides is 1. The molecule has 2 heterocycles. The van der Waals surface area contributed by atoms with Gasteiger partial charge in [-0.1, -0.05) is 30.3 Å². The van der Waals surface area contributed by atoms with Gasteiger partial charge >= 0.3 is 0 Å². The van der Waals surface area contributed by atoms with Gasteiger partial charge in [0, 0.05) is 32.5 Å². The Kier molecular flexibility index (Phi) is 6.68. The number of carbonyl (C=O) groups is 1. The second-order valence-electron chi connectivity index (χ2n) is 7.02. The van der Waals surface area contributed by atoms with Crippen molar-refractivity contribution in [3.8, 4) is 0 Å². The molecule has 0 aliphatic carbocycles. The Morgan fingerprint density at radius 2 is 2.00 bits per heavy atom. The molecule has 3 rings (SSSR count). The number of piperidine rings is 1. The summed E-state index contributed by atoms with van der Waals surface area (Å²) in [5.41, 5.74) is 0.767. The molecule has 1 amide bonds. The molecule has 0 bridgehead atoms. The van der Waals surface area contributed by atoms with Gasteiger partial charge in [-0.2, -0.15) is 0 Å². The third-order valence-corrected chi connectivity index (χ3v) is 6.15. The maximum atomic E-state index is 12.4. The minimum atomic E-state index is -3.38. The number of carbonyl (C=O) groups excluding carboxylic acids is 1. The van der Waals surface area contributed by atoms with Crippen LogP contribution < -0.4 is 4.72 Å². The lowest BCUT2D eigenvalue weighted by atomic mass is 9.98. The highest BCUT2D eigenvalue weighted by Crippen LogP contribution is 2.18. The van der Waals surface area contributed by atoms with Crippen LogP contribution in [-0.2, 0) is 27.0 Å². The monoisotopic (exact) mass is 390 g/mol. The second kappa shape index (κ2) is 9.19. The zero-order chi connectivity index (χ0) is 19.1. The van der Waals surface area contributed by atoms with Crippen molar-refractivity contribution in [3.05, 3.63) is 60.1 Å². The van der Waals surface area contributed by atoms with Crippen molar-refractivity contribution >= 4 is 15.9 Å². The molecule has 1 aromatic heterocycles. The average molecular weight is 391 g/mol. The van der Waals surface area contributed by atoms with E-state index in [2.05, 4.69) is 4.72 Å². The number of sulfonamides is 1. The predicted octanol–water partition coefficient (Wildman–Crippen LogP) is 2.57. The van der Waals surface area contributed by atoms with E-state index in [0.29, 0.717) is 25.9 Å². The molecule has 1 unspecified atom stereocenters. The van der Waals surface area contributed by atoms with E-state index in [1.165, 1.54) is 0 Å². The molecule has 1 aromatic carbocycles. The number of aryl methyl sites for hydroxylation is 1. The Hall–Kier alpha value is -2.12. The summed E-state index contributed by atoms with van der Waals surface area (Å²) < 4.78 is 32.6. The number of nitrogens with zero attached hydrogens (tertiary/aromatic N) is 1. The Labute approximate surface area is 160 Å². The van der Waals surface area contributed by atoms with Gasteiger partial charge in [-0.25, -0.2) is 13.1 Å². The number of nitrogens with one attached hydrogen (secondary N) is 1. The highest BCUT2D eigenvalue weighted by atomic mass is 32.2. The van der Waals surface area contributed by atoms with Gasteiger partial charge in [-0.3, -0.25) is 4.79 Å². The first kappa shape index (κ1) is 19.6. The van der Waals surface area contributed by atoms with E-state index >= 15 is 0 Å². The first-order chi connectivity index (χ1) is 13.0. The van der Waals surface area contributed by atoms with E-state index in [9.17, 15) is 13.2 Å². The van der Waals surface area contributed by atoms with Gasteiger partial charge < -0.3 is 9.32 Å². The normalized spacial score (nSPS) is 17.8. The first-order valence-corrected chi connectivity index (χ1v) is 11.0. The molecule has 0 saturated carbocycles. The Morgan fingerprint density at radius 3 is 2.74 bits per heavy atom. The van der Waals surface area contributed by atoms with Crippen LogP contribution in [0.1, 0.15) is 30.6 Å². The fourth-order valence-corrected chi connectivity index (χ4v) is 4.61. The second-order valence-corrected chi connectivity index (χ2v) is 8.83. The maximum absolute atomic E-state index is 12.4. The third-order valence-electron chi connectivity index (χ3n) is 4.83. The fraction of sp³-hybridized carbons (Fsp3) is 0.450. The lowest BCUT2D eigenvalue weighted by molar-refractivity contribution is -0.133. The minimum Gasteiger partial charge on any atom is -0.469 e. The van der Waals surface area contributed by atoms with Gasteiger partial charge in [-0.05, 0) is 36.5 Å². The Balaban J connectivity index is 1.45. The largest absolute Gasteiger partial charge is 0.469 e. The number of hydrogen-bond donors (Lipinski definition) is 1. The van der Waals surface area contributed by atoms with Crippen LogP contribution in [0.4, 0.5) is 0 Å². The number of rotatable bonds is 8. The van der Waals surface area contributed by atoms with Gasteiger partial charge in [0.15, 0.2) is 0 Å². The van der Waals surface area contributed by atoms with Crippen molar-refractivity contribution in [1.82, 2.24) is 9.62 Å². The molecule has 1 aliphatic heterocycles. The molecule has 1 saturated heterocycles. The molecule has 146 valence electrons. The number of furan rings is 1. The van der Waals surface area contributed by atoms with Crippen LogP contribution in [-0.4, -0.2) is 38.9 Å². The highest BCUT2D eigenvalue weighted by molar-refractivity contribution is 7.88. The van der Waals surface area contributed by atoms with Crippen molar-refractivity contribution in [3.63, 3.8) is 0 Å². The van der Waals surface area contributed by atoms with Crippen molar-refractivity contribution in [2.45, 2.75) is 31.4 Å². The van der Waals surface area contributed by atoms with Crippen LogP contribution >= 0.6 is 0 Å². The molecule has 1 aliphatic rings. The van der Waals surface area contributed by atoms with Crippen molar-refractivity contribution in [1.29, 1.82) is 0 Å². The molecule has 2 aromatic rings. The molecule has 0 radical (unpaired) electrons. The maximum Gasteiger partial charge on any atom is 0.223 e. The Bertz CT molecular complexity index is 819. The van der Waals surface area contributed by atoms with Crippen LogP contribution in [0, 0.1) is 5.92 Å². The standard InChI is InChI=1S/C20H26N2O4S/c23-20(11-10-19-9-5-13-26-19)22-12-4-8-18(15-22)14-21-27(24,25)16-17-6-2-1-3-7-17/h1-3,5-7,9,13,18,21H,4,8,10-12,14-16H2. The van der Waals surface area contributed by atoms with E-state index in [0.717, 1.165) is 30.7 Å². The molecule has 7 heteroatoms. The number of hydrogen-bond acceptors (Lipinski definition) is 4. The molecule has 0 spiro atoms. The summed E-state index contributed by atoms with van der Waals surface area (Å²) >= 11 is 0. The summed E-state index contributed by atoms with van der Waals surface area (Å²) in [6, 6.07) is 12.8. The molecule has 1 fully saturated rings. The number of likely N-dealkylation sites (tertiary alicyclic amines) is 1. The molecule has 1 atom stereocenters. The van der Waals surface area contributed by atoms with Gasteiger partial charge in [0.05, 0.1) is 12.0 Å². The van der Waals surface area contributed by atoms with Crippen LogP contribution in [0.3, 0.4) is 0 Å². The lowest BCUT2D eigenvalue weighted by Gasteiger charge is -2.33. The zero-order valence-electron chi connectivity index (χ0n) is 15.3. The summed E-state index contributed by atoms with van der Waals surface area (Å²) in [6.45, 7) is 1.71. The van der Waals surface area contributed by atoms with Gasteiger partial charge in [0.1, 0.15) is 5.76 Å². The van der Waals surface area contributed by atoms with E-state index in [-0.39, 0.29) is 17.6 Å². The van der Waals surface area contributed by atoms with Crippen LogP contribution in [0.15, 0.2) is 53.1 Å². The zero-order valence-corrected chi connectivity index (χ0v) is 16.2. The van der Waals surface area contributed by atoms with Gasteiger partial charge in [0.25, 0.3) is 0 Å². The van der Waals surface area contributed by atoms with E-state index in [4.69, 9.17) is 4.42 Å². The molecular weight excluding hydrogens is 364 g/mol.